The SMILES string of the molecule is CC(C)CC(CO)OC(C)C.OCC1CO1.[Y].[Y]. The van der Waals surface area contributed by atoms with Crippen LogP contribution in [-0.2, 0) is 74.9 Å². The van der Waals surface area contributed by atoms with Gasteiger partial charge in [-0.25, -0.2) is 0 Å². The first kappa shape index (κ1) is 25.0. The number of hydrogen-bond acceptors (Lipinski definition) is 4. The first-order chi connectivity index (χ1) is 7.49. The molecule has 0 aliphatic carbocycles. The van der Waals surface area contributed by atoms with Crippen molar-refractivity contribution in [3.8, 4) is 0 Å². The van der Waals surface area contributed by atoms with Gasteiger partial charge in [-0.05, 0) is 26.2 Å². The Bertz CT molecular complexity index is 154. The van der Waals surface area contributed by atoms with Crippen molar-refractivity contribution in [2.24, 2.45) is 5.92 Å². The van der Waals surface area contributed by atoms with Crippen LogP contribution in [0.25, 0.3) is 0 Å². The maximum Gasteiger partial charge on any atom is 0.104 e. The van der Waals surface area contributed by atoms with E-state index >= 15 is 0 Å². The van der Waals surface area contributed by atoms with E-state index in [-0.39, 0.29) is 96.9 Å². The first-order valence-electron chi connectivity index (χ1n) is 5.98. The molecular weight excluding hydrogens is 386 g/mol. The van der Waals surface area contributed by atoms with Gasteiger partial charge >= 0.3 is 0 Å². The summed E-state index contributed by atoms with van der Waals surface area (Å²) in [5.41, 5.74) is 0. The monoisotopic (exact) mass is 412 g/mol. The van der Waals surface area contributed by atoms with Crippen LogP contribution in [-0.4, -0.2) is 48.3 Å². The molecule has 18 heavy (non-hydrogen) atoms. The van der Waals surface area contributed by atoms with Crippen LogP contribution in [0.15, 0.2) is 0 Å². The molecule has 0 aromatic carbocycles. The molecule has 0 aromatic rings. The zero-order chi connectivity index (χ0) is 12.6. The zero-order valence-corrected chi connectivity index (χ0v) is 17.7. The van der Waals surface area contributed by atoms with Gasteiger partial charge < -0.3 is 19.7 Å². The van der Waals surface area contributed by atoms with Crippen LogP contribution in [0.2, 0.25) is 0 Å². The summed E-state index contributed by atoms with van der Waals surface area (Å²) in [7, 11) is 0. The molecule has 0 aromatic heterocycles. The minimum atomic E-state index is 0. The number of hydrogen-bond donors (Lipinski definition) is 2. The van der Waals surface area contributed by atoms with Crippen molar-refractivity contribution < 1.29 is 85.1 Å². The predicted molar refractivity (Wildman–Crippen MR) is 63.4 cm³/mol. The van der Waals surface area contributed by atoms with E-state index in [1.165, 1.54) is 0 Å². The van der Waals surface area contributed by atoms with Gasteiger partial charge in [-0.3, -0.25) is 0 Å². The molecule has 2 unspecified atom stereocenters. The molecule has 6 heteroatoms. The Morgan fingerprint density at radius 1 is 1.17 bits per heavy atom. The Morgan fingerprint density at radius 3 is 1.83 bits per heavy atom. The average molecular weight is 412 g/mol. The van der Waals surface area contributed by atoms with Crippen LogP contribution < -0.4 is 0 Å². The molecule has 104 valence electrons. The van der Waals surface area contributed by atoms with Gasteiger partial charge in [0.1, 0.15) is 6.10 Å². The number of aliphatic hydroxyl groups is 2. The van der Waals surface area contributed by atoms with Crippen LogP contribution in [0.1, 0.15) is 34.1 Å². The molecule has 0 saturated carbocycles. The number of ether oxygens (including phenoxy) is 2. The average Bonchev–Trinajstić information content (AvgIpc) is 2.99. The van der Waals surface area contributed by atoms with Crippen molar-refractivity contribution in [2.45, 2.75) is 52.4 Å². The van der Waals surface area contributed by atoms with Crippen molar-refractivity contribution in [1.29, 1.82) is 0 Å². The fraction of sp³-hybridized carbons (Fsp3) is 1.00. The summed E-state index contributed by atoms with van der Waals surface area (Å²) in [4.78, 5) is 0. The van der Waals surface area contributed by atoms with Crippen LogP contribution in [0.4, 0.5) is 0 Å². The second-order valence-electron chi connectivity index (χ2n) is 4.76. The molecule has 1 aliphatic rings. The van der Waals surface area contributed by atoms with Crippen molar-refractivity contribution in [2.75, 3.05) is 19.8 Å². The fourth-order valence-electron chi connectivity index (χ4n) is 1.26. The molecule has 1 saturated heterocycles. The molecule has 1 fully saturated rings. The topological polar surface area (TPSA) is 62.2 Å². The molecule has 4 nitrogen and oxygen atoms in total. The Balaban J connectivity index is -0.000000272. The van der Waals surface area contributed by atoms with Crippen molar-refractivity contribution in [1.82, 2.24) is 0 Å². The molecule has 1 rings (SSSR count). The summed E-state index contributed by atoms with van der Waals surface area (Å²) in [6.45, 7) is 9.33. The van der Waals surface area contributed by atoms with E-state index in [4.69, 9.17) is 14.9 Å². The third-order valence-corrected chi connectivity index (χ3v) is 2.01. The van der Waals surface area contributed by atoms with E-state index in [1.807, 2.05) is 13.8 Å². The summed E-state index contributed by atoms with van der Waals surface area (Å²) in [5.74, 6) is 0.589. The molecule has 1 heterocycles. The molecule has 1 aliphatic heterocycles. The second kappa shape index (κ2) is 15.4. The number of epoxide rings is 1. The van der Waals surface area contributed by atoms with Crippen molar-refractivity contribution >= 4 is 0 Å². The molecule has 0 spiro atoms. The summed E-state index contributed by atoms with van der Waals surface area (Å²) >= 11 is 0. The van der Waals surface area contributed by atoms with E-state index in [2.05, 4.69) is 18.6 Å². The van der Waals surface area contributed by atoms with Gasteiger partial charge in [-0.2, -0.15) is 0 Å². The Morgan fingerprint density at radius 2 is 1.67 bits per heavy atom. The van der Waals surface area contributed by atoms with Gasteiger partial charge in [-0.1, -0.05) is 13.8 Å². The number of aliphatic hydroxyl groups excluding tert-OH is 2. The zero-order valence-electron chi connectivity index (χ0n) is 12.0. The van der Waals surface area contributed by atoms with Crippen LogP contribution in [0, 0.1) is 5.92 Å². The van der Waals surface area contributed by atoms with Crippen LogP contribution >= 0.6 is 0 Å². The molecule has 2 N–H and O–H groups in total. The van der Waals surface area contributed by atoms with Crippen molar-refractivity contribution in [3.05, 3.63) is 0 Å². The molecule has 0 amide bonds. The van der Waals surface area contributed by atoms with E-state index in [0.717, 1.165) is 13.0 Å². The quantitative estimate of drug-likeness (QED) is 0.644. The van der Waals surface area contributed by atoms with E-state index in [1.54, 1.807) is 0 Å². The summed E-state index contributed by atoms with van der Waals surface area (Å²) < 4.78 is 10.1. The normalized spacial score (nSPS) is 18.3. The van der Waals surface area contributed by atoms with Gasteiger partial charge in [0.2, 0.25) is 0 Å². The van der Waals surface area contributed by atoms with Gasteiger partial charge in [-0.15, -0.1) is 0 Å². The second-order valence-corrected chi connectivity index (χ2v) is 4.76. The summed E-state index contributed by atoms with van der Waals surface area (Å²) in [6.07, 6.45) is 1.37. The predicted octanol–water partition coefficient (Wildman–Crippen LogP) is 1.19. The van der Waals surface area contributed by atoms with E-state index in [0.29, 0.717) is 5.92 Å². The fourth-order valence-corrected chi connectivity index (χ4v) is 1.26. The maximum atomic E-state index is 8.90. The Hall–Kier alpha value is 2.05. The smallest absolute Gasteiger partial charge is 0.104 e. The van der Waals surface area contributed by atoms with Crippen LogP contribution in [0.5, 0.6) is 0 Å². The maximum absolute atomic E-state index is 8.90. The van der Waals surface area contributed by atoms with E-state index in [9.17, 15) is 0 Å². The minimum absolute atomic E-state index is 0. The van der Waals surface area contributed by atoms with Gasteiger partial charge in [0.15, 0.2) is 0 Å². The molecule has 0 bridgehead atoms. The third-order valence-electron chi connectivity index (χ3n) is 2.01. The molecule has 2 radical (unpaired) electrons. The largest absolute Gasteiger partial charge is 0.394 e. The number of rotatable bonds is 6. The summed E-state index contributed by atoms with van der Waals surface area (Å²) in [5, 5.41) is 17.0. The Labute approximate surface area is 161 Å². The molecule has 2 atom stereocenters. The van der Waals surface area contributed by atoms with Gasteiger partial charge in [0.25, 0.3) is 0 Å². The minimum Gasteiger partial charge on any atom is -0.394 e. The summed E-state index contributed by atoms with van der Waals surface area (Å²) in [6, 6.07) is 0. The standard InChI is InChI=1S/C9H20O2.C3H6O2.2Y/c1-7(2)5-9(6-10)11-8(3)4;4-1-3-2-5-3;;/h7-10H,5-6H2,1-4H3;3-4H,1-2H2;;. The Kier molecular flexibility index (Phi) is 21.5. The van der Waals surface area contributed by atoms with Crippen molar-refractivity contribution in [3.63, 3.8) is 0 Å². The first-order valence-corrected chi connectivity index (χ1v) is 5.98. The van der Waals surface area contributed by atoms with E-state index < -0.39 is 0 Å². The third kappa shape index (κ3) is 18.0. The van der Waals surface area contributed by atoms with Gasteiger partial charge in [0, 0.05) is 65.4 Å². The van der Waals surface area contributed by atoms with Crippen LogP contribution in [0.3, 0.4) is 0 Å². The molecular formula is C12H26O4Y2. The van der Waals surface area contributed by atoms with Gasteiger partial charge in [0.05, 0.1) is 32.0 Å².